The summed E-state index contributed by atoms with van der Waals surface area (Å²) in [5.74, 6) is 0.376. The third kappa shape index (κ3) is 2.26. The minimum Gasteiger partial charge on any atom is -0.363 e. The molecule has 4 nitrogen and oxygen atoms in total. The van der Waals surface area contributed by atoms with Crippen LogP contribution >= 0.6 is 0 Å². The van der Waals surface area contributed by atoms with Gasteiger partial charge in [-0.2, -0.15) is 0 Å². The monoisotopic (exact) mass is 275 g/mol. The predicted octanol–water partition coefficient (Wildman–Crippen LogP) is 2.46. The normalized spacial score (nSPS) is 30.1. The Hall–Kier alpha value is -1.29. The van der Waals surface area contributed by atoms with Gasteiger partial charge in [-0.3, -0.25) is 4.79 Å². The second-order valence-electron chi connectivity index (χ2n) is 6.24. The first-order chi connectivity index (χ1) is 9.77. The average molecular weight is 275 g/mol. The molecule has 1 aromatic rings. The lowest BCUT2D eigenvalue weighted by Crippen LogP contribution is -2.45. The molecule has 2 atom stereocenters. The van der Waals surface area contributed by atoms with Crippen LogP contribution in [0.5, 0.6) is 0 Å². The van der Waals surface area contributed by atoms with Crippen molar-refractivity contribution < 1.29 is 4.79 Å². The van der Waals surface area contributed by atoms with Crippen molar-refractivity contribution in [3.8, 4) is 0 Å². The lowest BCUT2D eigenvalue weighted by atomic mass is 9.81. The minimum atomic E-state index is -0.149. The summed E-state index contributed by atoms with van der Waals surface area (Å²) >= 11 is 0. The number of H-pyrrole nitrogens is 1. The zero-order chi connectivity index (χ0) is 14.0. The third-order valence-electron chi connectivity index (χ3n) is 4.92. The van der Waals surface area contributed by atoms with Crippen LogP contribution in [-0.4, -0.2) is 35.4 Å². The van der Waals surface area contributed by atoms with Gasteiger partial charge < -0.3 is 15.2 Å². The van der Waals surface area contributed by atoms with E-state index in [1.807, 2.05) is 12.3 Å². The number of hydrogen-bond donors (Lipinski definition) is 2. The molecule has 4 heteroatoms. The molecule has 20 heavy (non-hydrogen) atoms. The summed E-state index contributed by atoms with van der Waals surface area (Å²) in [4.78, 5) is 18.6. The van der Waals surface area contributed by atoms with Gasteiger partial charge in [0.15, 0.2) is 0 Å². The first kappa shape index (κ1) is 13.7. The van der Waals surface area contributed by atoms with Crippen LogP contribution < -0.4 is 5.32 Å². The van der Waals surface area contributed by atoms with Gasteiger partial charge in [-0.25, -0.2) is 0 Å². The quantitative estimate of drug-likeness (QED) is 0.887. The highest BCUT2D eigenvalue weighted by Gasteiger charge is 2.45. The van der Waals surface area contributed by atoms with E-state index in [1.54, 1.807) is 0 Å². The van der Waals surface area contributed by atoms with Crippen LogP contribution in [0, 0.1) is 5.41 Å². The lowest BCUT2D eigenvalue weighted by molar-refractivity contribution is -0.142. The fraction of sp³-hybridized carbons (Fsp3) is 0.688. The van der Waals surface area contributed by atoms with Crippen molar-refractivity contribution in [2.24, 2.45) is 5.41 Å². The second-order valence-corrected chi connectivity index (χ2v) is 6.24. The van der Waals surface area contributed by atoms with E-state index in [2.05, 4.69) is 28.2 Å². The smallest absolute Gasteiger partial charge is 0.230 e. The molecule has 2 saturated heterocycles. The number of nitrogens with zero attached hydrogens (tertiary/aromatic N) is 1. The second kappa shape index (κ2) is 5.60. The summed E-state index contributed by atoms with van der Waals surface area (Å²) in [6.45, 7) is 4.92. The largest absolute Gasteiger partial charge is 0.363 e. The number of aromatic nitrogens is 1. The SMILES string of the molecule is CCCC1(C(=O)N2CCCC2c2ccc[nH]2)CCNC1. The molecule has 2 aliphatic rings. The Kier molecular flexibility index (Phi) is 3.83. The summed E-state index contributed by atoms with van der Waals surface area (Å²) in [7, 11) is 0. The Morgan fingerprint density at radius 3 is 3.10 bits per heavy atom. The molecule has 1 aromatic heterocycles. The molecule has 0 aromatic carbocycles. The molecule has 110 valence electrons. The summed E-state index contributed by atoms with van der Waals surface area (Å²) in [5.41, 5.74) is 1.04. The summed E-state index contributed by atoms with van der Waals surface area (Å²) in [5, 5.41) is 3.40. The Morgan fingerprint density at radius 2 is 2.45 bits per heavy atom. The van der Waals surface area contributed by atoms with E-state index in [0.29, 0.717) is 5.91 Å². The van der Waals surface area contributed by atoms with Crippen molar-refractivity contribution in [1.29, 1.82) is 0 Å². The van der Waals surface area contributed by atoms with E-state index in [9.17, 15) is 4.79 Å². The fourth-order valence-corrected chi connectivity index (χ4v) is 3.91. The van der Waals surface area contributed by atoms with Crippen LogP contribution in [0.15, 0.2) is 18.3 Å². The van der Waals surface area contributed by atoms with E-state index < -0.39 is 0 Å². The number of hydrogen-bond acceptors (Lipinski definition) is 2. The van der Waals surface area contributed by atoms with Crippen molar-refractivity contribution in [3.63, 3.8) is 0 Å². The Bertz CT molecular complexity index is 448. The van der Waals surface area contributed by atoms with Gasteiger partial charge in [0, 0.05) is 25.0 Å². The molecule has 2 N–H and O–H groups in total. The van der Waals surface area contributed by atoms with E-state index in [4.69, 9.17) is 0 Å². The van der Waals surface area contributed by atoms with Gasteiger partial charge >= 0.3 is 0 Å². The topological polar surface area (TPSA) is 48.1 Å². The fourth-order valence-electron chi connectivity index (χ4n) is 3.91. The molecule has 3 rings (SSSR count). The van der Waals surface area contributed by atoms with Crippen LogP contribution in [0.25, 0.3) is 0 Å². The highest BCUT2D eigenvalue weighted by Crippen LogP contribution is 2.39. The molecule has 1 amide bonds. The van der Waals surface area contributed by atoms with Crippen LogP contribution in [0.2, 0.25) is 0 Å². The van der Waals surface area contributed by atoms with Gasteiger partial charge in [-0.15, -0.1) is 0 Å². The molecular weight excluding hydrogens is 250 g/mol. The highest BCUT2D eigenvalue weighted by molar-refractivity contribution is 5.84. The predicted molar refractivity (Wildman–Crippen MR) is 79.3 cm³/mol. The Labute approximate surface area is 120 Å². The summed E-state index contributed by atoms with van der Waals surface area (Å²) in [6.07, 6.45) is 7.23. The Balaban J connectivity index is 1.81. The molecule has 2 aliphatic heterocycles. The van der Waals surface area contributed by atoms with Gasteiger partial charge in [0.1, 0.15) is 0 Å². The maximum Gasteiger partial charge on any atom is 0.230 e. The Morgan fingerprint density at radius 1 is 1.55 bits per heavy atom. The third-order valence-corrected chi connectivity index (χ3v) is 4.92. The maximum absolute atomic E-state index is 13.1. The van der Waals surface area contributed by atoms with Crippen molar-refractivity contribution in [3.05, 3.63) is 24.0 Å². The first-order valence-corrected chi connectivity index (χ1v) is 7.92. The number of rotatable bonds is 4. The zero-order valence-corrected chi connectivity index (χ0v) is 12.3. The lowest BCUT2D eigenvalue weighted by Gasteiger charge is -2.34. The minimum absolute atomic E-state index is 0.149. The van der Waals surface area contributed by atoms with Crippen molar-refractivity contribution in [2.45, 2.75) is 45.1 Å². The molecule has 0 saturated carbocycles. The molecule has 3 heterocycles. The van der Waals surface area contributed by atoms with Gasteiger partial charge in [0.25, 0.3) is 0 Å². The zero-order valence-electron chi connectivity index (χ0n) is 12.3. The first-order valence-electron chi connectivity index (χ1n) is 7.92. The number of nitrogens with one attached hydrogen (secondary N) is 2. The molecule has 2 unspecified atom stereocenters. The molecule has 2 fully saturated rings. The van der Waals surface area contributed by atoms with Gasteiger partial charge in [0.2, 0.25) is 5.91 Å². The van der Waals surface area contributed by atoms with Gasteiger partial charge in [0.05, 0.1) is 11.5 Å². The number of carbonyl (C=O) groups is 1. The summed E-state index contributed by atoms with van der Waals surface area (Å²) in [6, 6.07) is 4.39. The number of likely N-dealkylation sites (tertiary alicyclic amines) is 1. The van der Waals surface area contributed by atoms with Crippen molar-refractivity contribution in [2.75, 3.05) is 19.6 Å². The highest BCUT2D eigenvalue weighted by atomic mass is 16.2. The van der Waals surface area contributed by atoms with E-state index in [0.717, 1.165) is 51.7 Å². The van der Waals surface area contributed by atoms with Crippen molar-refractivity contribution >= 4 is 5.91 Å². The van der Waals surface area contributed by atoms with E-state index >= 15 is 0 Å². The van der Waals surface area contributed by atoms with Crippen molar-refractivity contribution in [1.82, 2.24) is 15.2 Å². The average Bonchev–Trinajstić information content (AvgIpc) is 3.19. The number of aromatic amines is 1. The van der Waals surface area contributed by atoms with Crippen LogP contribution in [0.3, 0.4) is 0 Å². The molecule has 0 bridgehead atoms. The number of amides is 1. The molecule has 0 radical (unpaired) electrons. The van der Waals surface area contributed by atoms with E-state index in [-0.39, 0.29) is 11.5 Å². The standard InChI is InChI=1S/C16H25N3O/c1-2-7-16(8-10-17-12-16)15(20)19-11-4-6-14(19)13-5-3-9-18-13/h3,5,9,14,17-18H,2,4,6-8,10-12H2,1H3. The maximum atomic E-state index is 13.1. The molecular formula is C16H25N3O. The molecule has 0 spiro atoms. The van der Waals surface area contributed by atoms with Gasteiger partial charge in [-0.05, 0) is 44.4 Å². The number of carbonyl (C=O) groups excluding carboxylic acids is 1. The van der Waals surface area contributed by atoms with Crippen LogP contribution in [0.4, 0.5) is 0 Å². The van der Waals surface area contributed by atoms with Crippen LogP contribution in [-0.2, 0) is 4.79 Å². The van der Waals surface area contributed by atoms with Crippen LogP contribution in [0.1, 0.15) is 50.8 Å². The van der Waals surface area contributed by atoms with Gasteiger partial charge in [-0.1, -0.05) is 13.3 Å². The summed E-state index contributed by atoms with van der Waals surface area (Å²) < 4.78 is 0. The van der Waals surface area contributed by atoms with E-state index in [1.165, 1.54) is 5.69 Å². The molecule has 0 aliphatic carbocycles.